The first-order valence-corrected chi connectivity index (χ1v) is 11.1. The SMILES string of the molecule is Cc1c(Nc2nccc3c(CNCCO)ccnc23)cccc1-c1ccc2c(c1)OCCO2. The normalized spacial score (nSPS) is 12.7. The van der Waals surface area contributed by atoms with Gasteiger partial charge in [-0.25, -0.2) is 4.98 Å². The predicted octanol–water partition coefficient (Wildman–Crippen LogP) is 4.20. The maximum atomic E-state index is 9.05. The van der Waals surface area contributed by atoms with Crippen LogP contribution in [0.2, 0.25) is 0 Å². The number of aliphatic hydroxyl groups excluding tert-OH is 1. The molecule has 3 N–H and O–H groups in total. The van der Waals surface area contributed by atoms with E-state index in [1.54, 1.807) is 12.4 Å². The molecule has 33 heavy (non-hydrogen) atoms. The van der Waals surface area contributed by atoms with Gasteiger partial charge in [-0.3, -0.25) is 4.98 Å². The van der Waals surface area contributed by atoms with Crippen molar-refractivity contribution < 1.29 is 14.6 Å². The molecule has 7 nitrogen and oxygen atoms in total. The zero-order valence-corrected chi connectivity index (χ0v) is 18.5. The standard InChI is InChI=1S/C26H26N4O3/c1-17-20(18-5-6-23-24(15-18)33-14-13-32-23)3-2-4-22(17)30-26-25-21(8-10-29-26)19(7-9-28-25)16-27-11-12-31/h2-10,15,27,31H,11-14,16H2,1H3,(H,29,30). The van der Waals surface area contributed by atoms with Gasteiger partial charge in [0.15, 0.2) is 17.3 Å². The second-order valence-corrected chi connectivity index (χ2v) is 7.89. The van der Waals surface area contributed by atoms with Crippen LogP contribution in [0.5, 0.6) is 11.5 Å². The summed E-state index contributed by atoms with van der Waals surface area (Å²) in [6.07, 6.45) is 3.59. The molecule has 0 spiro atoms. The molecule has 0 bridgehead atoms. The summed E-state index contributed by atoms with van der Waals surface area (Å²) in [5, 5.41) is 16.8. The van der Waals surface area contributed by atoms with E-state index in [2.05, 4.69) is 39.7 Å². The lowest BCUT2D eigenvalue weighted by atomic mass is 9.98. The van der Waals surface area contributed by atoms with Crippen LogP contribution in [0.25, 0.3) is 22.0 Å². The van der Waals surface area contributed by atoms with Crippen molar-refractivity contribution in [3.05, 3.63) is 72.1 Å². The number of anilines is 2. The minimum absolute atomic E-state index is 0.108. The van der Waals surface area contributed by atoms with E-state index in [0.29, 0.717) is 32.1 Å². The fourth-order valence-corrected chi connectivity index (χ4v) is 4.11. The minimum atomic E-state index is 0.108. The van der Waals surface area contributed by atoms with Crippen LogP contribution in [0.3, 0.4) is 0 Å². The zero-order valence-electron chi connectivity index (χ0n) is 18.5. The largest absolute Gasteiger partial charge is 0.486 e. The Hall–Kier alpha value is -3.68. The second kappa shape index (κ2) is 9.44. The maximum absolute atomic E-state index is 9.05. The summed E-state index contributed by atoms with van der Waals surface area (Å²) in [7, 11) is 0. The number of hydrogen-bond donors (Lipinski definition) is 3. The first kappa shape index (κ1) is 21.2. The highest BCUT2D eigenvalue weighted by atomic mass is 16.6. The molecule has 0 saturated heterocycles. The Morgan fingerprint density at radius 1 is 0.970 bits per heavy atom. The van der Waals surface area contributed by atoms with E-state index in [4.69, 9.17) is 14.6 Å². The van der Waals surface area contributed by atoms with Crippen molar-refractivity contribution in [3.8, 4) is 22.6 Å². The van der Waals surface area contributed by atoms with Crippen LogP contribution < -0.4 is 20.1 Å². The van der Waals surface area contributed by atoms with Crippen LogP contribution >= 0.6 is 0 Å². The van der Waals surface area contributed by atoms with Crippen molar-refractivity contribution in [1.82, 2.24) is 15.3 Å². The van der Waals surface area contributed by atoms with Crippen LogP contribution in [-0.2, 0) is 6.54 Å². The van der Waals surface area contributed by atoms with Crippen molar-refractivity contribution in [1.29, 1.82) is 0 Å². The molecule has 4 aromatic rings. The van der Waals surface area contributed by atoms with E-state index in [1.807, 2.05) is 36.4 Å². The fraction of sp³-hybridized carbons (Fsp3) is 0.231. The molecule has 0 amide bonds. The molecule has 0 atom stereocenters. The number of aliphatic hydroxyl groups is 1. The van der Waals surface area contributed by atoms with Gasteiger partial charge in [-0.15, -0.1) is 0 Å². The predicted molar refractivity (Wildman–Crippen MR) is 129 cm³/mol. The van der Waals surface area contributed by atoms with Crippen LogP contribution in [0.4, 0.5) is 11.5 Å². The number of nitrogens with zero attached hydrogens (tertiary/aromatic N) is 2. The highest BCUT2D eigenvalue weighted by Gasteiger charge is 2.15. The third-order valence-electron chi connectivity index (χ3n) is 5.79. The van der Waals surface area contributed by atoms with Gasteiger partial charge in [0.1, 0.15) is 18.7 Å². The second-order valence-electron chi connectivity index (χ2n) is 7.89. The van der Waals surface area contributed by atoms with Crippen molar-refractivity contribution in [3.63, 3.8) is 0 Å². The number of benzene rings is 2. The Bertz CT molecular complexity index is 1290. The van der Waals surface area contributed by atoms with Gasteiger partial charge in [0, 0.05) is 36.6 Å². The number of nitrogens with one attached hydrogen (secondary N) is 2. The molecule has 0 unspecified atom stereocenters. The summed E-state index contributed by atoms with van der Waals surface area (Å²) < 4.78 is 11.4. The van der Waals surface area contributed by atoms with Gasteiger partial charge >= 0.3 is 0 Å². The Labute approximate surface area is 192 Å². The molecule has 0 aliphatic carbocycles. The molecule has 0 fully saturated rings. The van der Waals surface area contributed by atoms with Crippen LogP contribution in [-0.4, -0.2) is 41.4 Å². The number of ether oxygens (including phenoxy) is 2. The van der Waals surface area contributed by atoms with E-state index in [1.165, 1.54) is 0 Å². The number of rotatable bonds is 7. The minimum Gasteiger partial charge on any atom is -0.486 e. The smallest absolute Gasteiger partial charge is 0.161 e. The monoisotopic (exact) mass is 442 g/mol. The first-order valence-electron chi connectivity index (χ1n) is 11.1. The molecule has 5 rings (SSSR count). The summed E-state index contributed by atoms with van der Waals surface area (Å²) in [5.74, 6) is 2.27. The Morgan fingerprint density at radius 3 is 2.70 bits per heavy atom. The Balaban J connectivity index is 1.47. The molecule has 0 radical (unpaired) electrons. The number of fused-ring (bicyclic) bond motifs is 2. The van der Waals surface area contributed by atoms with Gasteiger partial charge in [-0.05, 0) is 59.5 Å². The van der Waals surface area contributed by atoms with E-state index in [9.17, 15) is 0 Å². The van der Waals surface area contributed by atoms with E-state index in [0.717, 1.165) is 50.3 Å². The summed E-state index contributed by atoms with van der Waals surface area (Å²) in [5.41, 5.74) is 6.17. The van der Waals surface area contributed by atoms with Gasteiger partial charge in [0.05, 0.1) is 6.61 Å². The Morgan fingerprint density at radius 2 is 1.82 bits per heavy atom. The quantitative estimate of drug-likeness (QED) is 0.370. The number of aromatic nitrogens is 2. The Kier molecular flexibility index (Phi) is 6.06. The lowest BCUT2D eigenvalue weighted by molar-refractivity contribution is 0.171. The van der Waals surface area contributed by atoms with E-state index >= 15 is 0 Å². The summed E-state index contributed by atoms with van der Waals surface area (Å²) in [4.78, 5) is 9.16. The molecular weight excluding hydrogens is 416 g/mol. The van der Waals surface area contributed by atoms with Gasteiger partial charge in [0.25, 0.3) is 0 Å². The van der Waals surface area contributed by atoms with Crippen LogP contribution in [0.1, 0.15) is 11.1 Å². The fourth-order valence-electron chi connectivity index (χ4n) is 4.11. The van der Waals surface area contributed by atoms with E-state index < -0.39 is 0 Å². The topological polar surface area (TPSA) is 88.5 Å². The molecule has 2 aromatic carbocycles. The molecule has 0 saturated carbocycles. The summed E-state index contributed by atoms with van der Waals surface area (Å²) >= 11 is 0. The van der Waals surface area contributed by atoms with Crippen molar-refractivity contribution in [2.24, 2.45) is 0 Å². The molecule has 2 aromatic heterocycles. The molecular formula is C26H26N4O3. The van der Waals surface area contributed by atoms with E-state index in [-0.39, 0.29) is 6.61 Å². The molecule has 7 heteroatoms. The average molecular weight is 443 g/mol. The van der Waals surface area contributed by atoms with Crippen molar-refractivity contribution >= 4 is 22.4 Å². The summed E-state index contributed by atoms with van der Waals surface area (Å²) in [6, 6.07) is 16.2. The highest BCUT2D eigenvalue weighted by molar-refractivity contribution is 5.92. The van der Waals surface area contributed by atoms with Gasteiger partial charge in [-0.2, -0.15) is 0 Å². The van der Waals surface area contributed by atoms with Crippen molar-refractivity contribution in [2.45, 2.75) is 13.5 Å². The third-order valence-corrected chi connectivity index (χ3v) is 5.79. The number of hydrogen-bond acceptors (Lipinski definition) is 7. The van der Waals surface area contributed by atoms with Gasteiger partial charge in [-0.1, -0.05) is 18.2 Å². The maximum Gasteiger partial charge on any atom is 0.161 e. The lowest BCUT2D eigenvalue weighted by Crippen LogP contribution is -2.17. The molecule has 1 aliphatic heterocycles. The highest BCUT2D eigenvalue weighted by Crippen LogP contribution is 2.37. The zero-order chi connectivity index (χ0) is 22.6. The molecule has 3 heterocycles. The van der Waals surface area contributed by atoms with Crippen LogP contribution in [0, 0.1) is 6.92 Å². The third kappa shape index (κ3) is 4.33. The average Bonchev–Trinajstić information content (AvgIpc) is 2.85. The molecule has 1 aliphatic rings. The number of pyridine rings is 2. The van der Waals surface area contributed by atoms with Crippen LogP contribution in [0.15, 0.2) is 60.9 Å². The van der Waals surface area contributed by atoms with Gasteiger partial charge < -0.3 is 25.2 Å². The summed E-state index contributed by atoms with van der Waals surface area (Å²) in [6.45, 7) is 4.55. The molecule has 168 valence electrons. The first-order chi connectivity index (χ1) is 16.2. The van der Waals surface area contributed by atoms with Gasteiger partial charge in [0.2, 0.25) is 0 Å². The van der Waals surface area contributed by atoms with Crippen molar-refractivity contribution in [2.75, 3.05) is 31.7 Å². The lowest BCUT2D eigenvalue weighted by Gasteiger charge is -2.20.